The maximum atomic E-state index is 13.7. The molecule has 47 heavy (non-hydrogen) atoms. The fourth-order valence-corrected chi connectivity index (χ4v) is 5.29. The van der Waals surface area contributed by atoms with Crippen LogP contribution in [0.4, 0.5) is 4.79 Å². The van der Waals surface area contributed by atoms with Crippen molar-refractivity contribution < 1.29 is 28.7 Å². The fraction of sp³-hybridized carbons (Fsp3) is 0.531. The summed E-state index contributed by atoms with van der Waals surface area (Å²) in [5, 5.41) is 12.8. The van der Waals surface area contributed by atoms with E-state index in [4.69, 9.17) is 16.2 Å². The van der Waals surface area contributed by atoms with Crippen LogP contribution >= 0.6 is 11.3 Å². The molecule has 258 valence electrons. The molecule has 0 aliphatic carbocycles. The van der Waals surface area contributed by atoms with Crippen molar-refractivity contribution >= 4 is 46.9 Å². The lowest BCUT2D eigenvalue weighted by Crippen LogP contribution is -2.59. The Labute approximate surface area is 279 Å². The molecule has 1 unspecified atom stereocenters. The summed E-state index contributed by atoms with van der Waals surface area (Å²) in [6.07, 6.45) is 2.58. The van der Waals surface area contributed by atoms with Crippen molar-refractivity contribution in [2.45, 2.75) is 84.5 Å². The summed E-state index contributed by atoms with van der Waals surface area (Å²) in [5.41, 5.74) is 11.6. The molecule has 0 aliphatic rings. The predicted molar refractivity (Wildman–Crippen MR) is 181 cm³/mol. The first kappa shape index (κ1) is 38.7. The van der Waals surface area contributed by atoms with Gasteiger partial charge in [-0.2, -0.15) is 0 Å². The lowest BCUT2D eigenvalue weighted by Gasteiger charge is -2.27. The van der Waals surface area contributed by atoms with Crippen LogP contribution in [0.3, 0.4) is 0 Å². The number of ether oxygens (including phenoxy) is 1. The Kier molecular flexibility index (Phi) is 16.3. The summed E-state index contributed by atoms with van der Waals surface area (Å²) in [6.45, 7) is 9.41. The van der Waals surface area contributed by atoms with Crippen molar-refractivity contribution in [2.75, 3.05) is 13.2 Å². The number of esters is 1. The zero-order valence-corrected chi connectivity index (χ0v) is 28.5. The lowest BCUT2D eigenvalue weighted by molar-refractivity contribution is -0.145. The van der Waals surface area contributed by atoms with E-state index in [-0.39, 0.29) is 54.6 Å². The van der Waals surface area contributed by atoms with E-state index in [1.165, 1.54) is 6.20 Å². The van der Waals surface area contributed by atoms with Crippen LogP contribution in [0.25, 0.3) is 0 Å². The molecule has 2 aromatic rings. The van der Waals surface area contributed by atoms with E-state index in [9.17, 15) is 24.0 Å². The molecule has 0 saturated heterocycles. The number of aromatic nitrogens is 1. The Bertz CT molecular complexity index is 1330. The first-order valence-corrected chi connectivity index (χ1v) is 16.6. The van der Waals surface area contributed by atoms with Crippen LogP contribution in [-0.2, 0) is 25.5 Å². The topological polar surface area (TPSA) is 220 Å². The molecule has 1 heterocycles. The molecule has 0 saturated carbocycles. The minimum Gasteiger partial charge on any atom is -0.464 e. The molecule has 0 bridgehead atoms. The summed E-state index contributed by atoms with van der Waals surface area (Å²) < 4.78 is 5.12. The molecule has 4 atom stereocenters. The van der Waals surface area contributed by atoms with E-state index >= 15 is 0 Å². The average molecular weight is 673 g/mol. The Morgan fingerprint density at radius 2 is 1.60 bits per heavy atom. The van der Waals surface area contributed by atoms with Crippen molar-refractivity contribution in [3.8, 4) is 0 Å². The van der Waals surface area contributed by atoms with Crippen molar-refractivity contribution in [3.63, 3.8) is 0 Å². The number of urea groups is 1. The smallest absolute Gasteiger partial charge is 0.328 e. The minimum atomic E-state index is -1.11. The van der Waals surface area contributed by atoms with Gasteiger partial charge in [-0.25, -0.2) is 14.6 Å². The zero-order valence-electron chi connectivity index (χ0n) is 27.7. The first-order valence-electron chi connectivity index (χ1n) is 15.7. The van der Waals surface area contributed by atoms with Gasteiger partial charge in [-0.3, -0.25) is 19.4 Å². The third-order valence-electron chi connectivity index (χ3n) is 6.96. The summed E-state index contributed by atoms with van der Waals surface area (Å²) >= 11 is 1.15. The number of amides is 4. The Morgan fingerprint density at radius 3 is 2.17 bits per heavy atom. The van der Waals surface area contributed by atoms with Gasteiger partial charge in [0.2, 0.25) is 17.6 Å². The van der Waals surface area contributed by atoms with Gasteiger partial charge >= 0.3 is 12.0 Å². The highest BCUT2D eigenvalue weighted by atomic mass is 32.1. The standard InChI is InChI=1S/C32H48N8O6S/c1-6-46-30(44)24(17-19(2)3)39-32(45)38-23(18-21-11-8-7-9-12-21)27(42)40-25(20(4)5)28(43)37-22(13-10-14-36-31(33)34)26(41)29-35-15-16-47-29/h7-9,11-12,15-16,19-20,22-25H,6,10,13-14,17-18H2,1-5H3,(H,37,43)(H,40,42)(H4,33,34,36)(H2,38,39,45)/t22-,23-,24?,25-/m0/s1. The van der Waals surface area contributed by atoms with Gasteiger partial charge < -0.3 is 37.5 Å². The third-order valence-corrected chi connectivity index (χ3v) is 7.74. The first-order chi connectivity index (χ1) is 22.3. The van der Waals surface area contributed by atoms with Gasteiger partial charge in [0, 0.05) is 24.5 Å². The van der Waals surface area contributed by atoms with Gasteiger partial charge in [-0.15, -0.1) is 11.3 Å². The molecule has 0 spiro atoms. The number of nitrogens with zero attached hydrogens (tertiary/aromatic N) is 2. The van der Waals surface area contributed by atoms with Crippen LogP contribution < -0.4 is 32.7 Å². The van der Waals surface area contributed by atoms with Gasteiger partial charge in [-0.1, -0.05) is 58.0 Å². The summed E-state index contributed by atoms with van der Waals surface area (Å²) in [5.74, 6) is -2.53. The number of hydrogen-bond acceptors (Lipinski definition) is 9. The number of ketones is 1. The van der Waals surface area contributed by atoms with Crippen molar-refractivity contribution in [1.82, 2.24) is 26.3 Å². The monoisotopic (exact) mass is 672 g/mol. The second-order valence-corrected chi connectivity index (χ2v) is 12.6. The zero-order chi connectivity index (χ0) is 34.9. The minimum absolute atomic E-state index is 0.0799. The highest BCUT2D eigenvalue weighted by Gasteiger charge is 2.33. The van der Waals surface area contributed by atoms with E-state index in [0.717, 1.165) is 16.9 Å². The fourth-order valence-electron chi connectivity index (χ4n) is 4.66. The van der Waals surface area contributed by atoms with E-state index in [0.29, 0.717) is 12.8 Å². The van der Waals surface area contributed by atoms with Crippen LogP contribution in [0.1, 0.15) is 69.2 Å². The van der Waals surface area contributed by atoms with Crippen LogP contribution in [0.5, 0.6) is 0 Å². The van der Waals surface area contributed by atoms with Gasteiger partial charge in [0.25, 0.3) is 0 Å². The Balaban J connectivity index is 2.25. The van der Waals surface area contributed by atoms with E-state index < -0.39 is 48.0 Å². The molecule has 2 rings (SSSR count). The predicted octanol–water partition coefficient (Wildman–Crippen LogP) is 1.89. The molecule has 15 heteroatoms. The third kappa shape index (κ3) is 13.8. The van der Waals surface area contributed by atoms with E-state index in [1.807, 2.05) is 32.0 Å². The molecular formula is C32H48N8O6S. The SMILES string of the molecule is CCOC(=O)C(CC(C)C)NC(=O)N[C@@H](Cc1ccccc1)C(=O)N[C@H](C(=O)N[C@@H](CCCN=C(N)N)C(=O)c1nccs1)C(C)C. The molecule has 1 aromatic heterocycles. The summed E-state index contributed by atoms with van der Waals surface area (Å²) in [7, 11) is 0. The molecule has 0 aliphatic heterocycles. The maximum Gasteiger partial charge on any atom is 0.328 e. The number of hydrogen-bond donors (Lipinski definition) is 6. The van der Waals surface area contributed by atoms with Crippen LogP contribution in [0, 0.1) is 11.8 Å². The average Bonchev–Trinajstić information content (AvgIpc) is 3.55. The number of guanidine groups is 1. The number of thiazole rings is 1. The number of nitrogens with two attached hydrogens (primary N) is 2. The summed E-state index contributed by atoms with van der Waals surface area (Å²) in [4.78, 5) is 74.3. The Morgan fingerprint density at radius 1 is 0.915 bits per heavy atom. The largest absolute Gasteiger partial charge is 0.464 e. The second kappa shape index (κ2) is 19.9. The van der Waals surface area contributed by atoms with Crippen molar-refractivity contribution in [2.24, 2.45) is 28.3 Å². The molecule has 0 radical (unpaired) electrons. The van der Waals surface area contributed by atoms with Gasteiger partial charge in [0.05, 0.1) is 12.6 Å². The second-order valence-electron chi connectivity index (χ2n) is 11.7. The highest BCUT2D eigenvalue weighted by Crippen LogP contribution is 2.13. The van der Waals surface area contributed by atoms with E-state index in [1.54, 1.807) is 38.3 Å². The molecule has 1 aromatic carbocycles. The van der Waals surface area contributed by atoms with Gasteiger partial charge in [0.15, 0.2) is 11.0 Å². The Hall–Kier alpha value is -4.53. The number of carbonyl (C=O) groups is 5. The maximum absolute atomic E-state index is 13.7. The van der Waals surface area contributed by atoms with Gasteiger partial charge in [-0.05, 0) is 43.6 Å². The van der Waals surface area contributed by atoms with E-state index in [2.05, 4.69) is 31.2 Å². The number of Topliss-reactive ketones (excluding diaryl/α,β-unsaturated/α-hetero) is 1. The van der Waals surface area contributed by atoms with Crippen LogP contribution in [-0.4, -0.2) is 77.9 Å². The van der Waals surface area contributed by atoms with Crippen molar-refractivity contribution in [3.05, 3.63) is 52.5 Å². The number of rotatable bonds is 19. The molecular weight excluding hydrogens is 624 g/mol. The van der Waals surface area contributed by atoms with Gasteiger partial charge in [0.1, 0.15) is 18.1 Å². The summed E-state index contributed by atoms with van der Waals surface area (Å²) in [6, 6.07) is 4.31. The normalized spacial score (nSPS) is 13.5. The molecule has 0 fully saturated rings. The molecule has 4 amide bonds. The highest BCUT2D eigenvalue weighted by molar-refractivity contribution is 7.11. The lowest BCUT2D eigenvalue weighted by atomic mass is 9.99. The number of benzene rings is 1. The van der Waals surface area contributed by atoms with Crippen LogP contribution in [0.15, 0.2) is 46.9 Å². The van der Waals surface area contributed by atoms with Crippen molar-refractivity contribution in [1.29, 1.82) is 0 Å². The quantitative estimate of drug-likeness (QED) is 0.0421. The number of nitrogens with one attached hydrogen (secondary N) is 4. The molecule has 14 nitrogen and oxygen atoms in total. The number of aliphatic imine (C=N–C) groups is 1. The molecule has 8 N–H and O–H groups in total. The van der Waals surface area contributed by atoms with Crippen LogP contribution in [0.2, 0.25) is 0 Å². The number of carbonyl (C=O) groups excluding carboxylic acids is 5.